The van der Waals surface area contributed by atoms with E-state index in [0.29, 0.717) is 36.3 Å². The predicted octanol–water partition coefficient (Wildman–Crippen LogP) is 5.46. The van der Waals surface area contributed by atoms with Gasteiger partial charge < -0.3 is 15.3 Å². The van der Waals surface area contributed by atoms with Crippen LogP contribution in [-0.4, -0.2) is 23.5 Å². The Hall–Kier alpha value is -3.81. The quantitative estimate of drug-likeness (QED) is 0.502. The van der Waals surface area contributed by atoms with Crippen molar-refractivity contribution in [1.82, 2.24) is 5.32 Å². The number of carbonyl (C=O) groups is 2. The van der Waals surface area contributed by atoms with E-state index in [9.17, 15) is 22.8 Å². The van der Waals surface area contributed by atoms with Crippen LogP contribution in [0.1, 0.15) is 57.3 Å². The van der Waals surface area contributed by atoms with Crippen molar-refractivity contribution in [2.45, 2.75) is 32.1 Å². The zero-order chi connectivity index (χ0) is 25.3. The highest BCUT2D eigenvalue weighted by Crippen LogP contribution is 2.34. The molecule has 34 heavy (non-hydrogen) atoms. The van der Waals surface area contributed by atoms with Gasteiger partial charge in [0.05, 0.1) is 29.8 Å². The lowest BCUT2D eigenvalue weighted by atomic mass is 10.0. The second kappa shape index (κ2) is 9.21. The summed E-state index contributed by atoms with van der Waals surface area (Å²) in [6, 6.07) is 14.1. The Bertz CT molecular complexity index is 1260. The van der Waals surface area contributed by atoms with Crippen LogP contribution in [0.2, 0.25) is 0 Å². The van der Waals surface area contributed by atoms with Gasteiger partial charge in [0.2, 0.25) is 0 Å². The highest BCUT2D eigenvalue weighted by molar-refractivity contribution is 6.01. The Morgan fingerprint density at radius 2 is 1.76 bits per heavy atom. The average Bonchev–Trinajstić information content (AvgIpc) is 3.20. The molecule has 2 N–H and O–H groups in total. The van der Waals surface area contributed by atoms with Gasteiger partial charge in [0.1, 0.15) is 0 Å². The molecule has 0 unspecified atom stereocenters. The van der Waals surface area contributed by atoms with Crippen LogP contribution in [0, 0.1) is 0 Å². The molecule has 1 heterocycles. The van der Waals surface area contributed by atoms with Crippen LogP contribution >= 0.6 is 0 Å². The molecular weight excluding hydrogens is 445 g/mol. The number of nitrogens with one attached hydrogen (secondary N) is 1. The zero-order valence-corrected chi connectivity index (χ0v) is 18.3. The summed E-state index contributed by atoms with van der Waals surface area (Å²) in [4.78, 5) is 26.2. The van der Waals surface area contributed by atoms with Crippen molar-refractivity contribution < 1.29 is 29.2 Å². The minimum absolute atomic E-state index is 0.144. The van der Waals surface area contributed by atoms with E-state index in [0.717, 1.165) is 23.3 Å². The molecular formula is C26H23F3N2O3. The minimum Gasteiger partial charge on any atom is -0.478 e. The highest BCUT2D eigenvalue weighted by Gasteiger charge is 2.30. The van der Waals surface area contributed by atoms with E-state index in [-0.39, 0.29) is 17.5 Å². The van der Waals surface area contributed by atoms with E-state index in [1.807, 2.05) is 4.90 Å². The largest absolute Gasteiger partial charge is 0.478 e. The third-order valence-corrected chi connectivity index (χ3v) is 5.92. The molecule has 1 amide bonds. The highest BCUT2D eigenvalue weighted by atomic mass is 19.4. The van der Waals surface area contributed by atoms with E-state index in [2.05, 4.69) is 5.32 Å². The third kappa shape index (κ3) is 4.90. The van der Waals surface area contributed by atoms with Gasteiger partial charge in [-0.15, -0.1) is 0 Å². The molecule has 0 aliphatic carbocycles. The summed E-state index contributed by atoms with van der Waals surface area (Å²) in [5, 5.41) is 12.0. The van der Waals surface area contributed by atoms with Crippen LogP contribution in [0.25, 0.3) is 0 Å². The number of halogens is 3. The van der Waals surface area contributed by atoms with Gasteiger partial charge in [0.25, 0.3) is 5.91 Å². The number of alkyl halides is 3. The number of carboxylic acids is 1. The second-order valence-electron chi connectivity index (χ2n) is 8.23. The lowest BCUT2D eigenvalue weighted by molar-refractivity contribution is -0.137. The zero-order valence-electron chi connectivity index (χ0n) is 19.3. The molecule has 0 aromatic heterocycles. The molecule has 0 spiro atoms. The molecule has 176 valence electrons. The molecule has 0 radical (unpaired) electrons. The number of hydrogen-bond donors (Lipinski definition) is 2. The lowest BCUT2D eigenvalue weighted by Crippen LogP contribution is -2.29. The van der Waals surface area contributed by atoms with Gasteiger partial charge in [0.15, 0.2) is 0 Å². The fourth-order valence-corrected chi connectivity index (χ4v) is 4.09. The Morgan fingerprint density at radius 1 is 1.09 bits per heavy atom. The number of anilines is 1. The van der Waals surface area contributed by atoms with E-state index >= 15 is 0 Å². The van der Waals surface area contributed by atoms with Crippen molar-refractivity contribution in [1.29, 1.82) is 0 Å². The maximum atomic E-state index is 13.2. The molecule has 0 fully saturated rings. The van der Waals surface area contributed by atoms with Gasteiger partial charge >= 0.3 is 12.1 Å². The van der Waals surface area contributed by atoms with Crippen LogP contribution in [-0.2, 0) is 19.1 Å². The van der Waals surface area contributed by atoms with Crippen LogP contribution < -0.4 is 10.2 Å². The first kappa shape index (κ1) is 22.0. The molecule has 0 bridgehead atoms. The van der Waals surface area contributed by atoms with Crippen molar-refractivity contribution in [2.24, 2.45) is 0 Å². The molecule has 4 rings (SSSR count). The standard InChI is InChI=1S/C26H23F3N2O3/c1-16(18-7-9-20(10-8-18)25(33)34)30-24(32)22-4-2-3-19-13-14-31(23(19)22)15-17-5-11-21(12-6-17)26(27,28)29/h2-12,16H,13-15H2,1H3,(H,30,32)(H,33,34)/t16-/m0/s1/i2T. The monoisotopic (exact) mass is 470 g/mol. The molecule has 5 nitrogen and oxygen atoms in total. The SMILES string of the molecule is [3H]c1cc2c(c(C(=O)N[C@@H](C)c3ccc(C(=O)O)cc3)c1)N(Cc1ccc(C(F)(F)F)cc1)CC2. The smallest absolute Gasteiger partial charge is 0.416 e. The predicted molar refractivity (Wildman–Crippen MR) is 122 cm³/mol. The van der Waals surface area contributed by atoms with Crippen LogP contribution in [0.15, 0.2) is 66.7 Å². The van der Waals surface area contributed by atoms with Gasteiger partial charge in [-0.05, 0) is 60.4 Å². The van der Waals surface area contributed by atoms with E-state index in [1.54, 1.807) is 25.1 Å². The molecule has 3 aromatic carbocycles. The average molecular weight is 470 g/mol. The number of amides is 1. The third-order valence-electron chi connectivity index (χ3n) is 5.92. The Kier molecular flexibility index (Phi) is 5.96. The Balaban J connectivity index is 1.55. The number of carboxylic acid groups (broad SMARTS) is 1. The maximum absolute atomic E-state index is 13.2. The molecule has 3 aromatic rings. The number of hydrogen-bond acceptors (Lipinski definition) is 3. The van der Waals surface area contributed by atoms with E-state index in [1.165, 1.54) is 30.3 Å². The number of rotatable bonds is 6. The molecule has 0 saturated heterocycles. The second-order valence-corrected chi connectivity index (χ2v) is 8.23. The Morgan fingerprint density at radius 3 is 2.38 bits per heavy atom. The number of carbonyl (C=O) groups excluding carboxylic acids is 1. The summed E-state index contributed by atoms with van der Waals surface area (Å²) < 4.78 is 46.8. The molecule has 1 aliphatic rings. The molecule has 0 saturated carbocycles. The summed E-state index contributed by atoms with van der Waals surface area (Å²) in [6.07, 6.45) is -3.78. The fourth-order valence-electron chi connectivity index (χ4n) is 4.09. The normalized spacial score (nSPS) is 14.4. The first-order valence-corrected chi connectivity index (χ1v) is 10.7. The topological polar surface area (TPSA) is 69.6 Å². The summed E-state index contributed by atoms with van der Waals surface area (Å²) in [5.74, 6) is -1.42. The van der Waals surface area contributed by atoms with Crippen LogP contribution in [0.4, 0.5) is 18.9 Å². The van der Waals surface area contributed by atoms with Gasteiger partial charge in [-0.3, -0.25) is 4.79 Å². The summed E-state index contributed by atoms with van der Waals surface area (Å²) in [7, 11) is 0. The van der Waals surface area contributed by atoms with Crippen LogP contribution in [0.3, 0.4) is 0 Å². The van der Waals surface area contributed by atoms with Gasteiger partial charge in [-0.1, -0.05) is 36.4 Å². The van der Waals surface area contributed by atoms with Crippen molar-refractivity contribution >= 4 is 17.6 Å². The summed E-state index contributed by atoms with van der Waals surface area (Å²) in [5.41, 5.74) is 2.67. The van der Waals surface area contributed by atoms with E-state index in [4.69, 9.17) is 6.48 Å². The van der Waals surface area contributed by atoms with Crippen LogP contribution in [0.5, 0.6) is 0 Å². The molecule has 8 heteroatoms. The maximum Gasteiger partial charge on any atom is 0.416 e. The lowest BCUT2D eigenvalue weighted by Gasteiger charge is -2.23. The summed E-state index contributed by atoms with van der Waals surface area (Å²) >= 11 is 0. The summed E-state index contributed by atoms with van der Waals surface area (Å²) in [6.45, 7) is 2.68. The van der Waals surface area contributed by atoms with Crippen molar-refractivity contribution in [3.63, 3.8) is 0 Å². The first-order chi connectivity index (χ1) is 16.5. The number of aromatic carboxylic acids is 1. The number of benzene rings is 3. The molecule has 1 atom stereocenters. The van der Waals surface area contributed by atoms with Crippen molar-refractivity contribution in [3.05, 3.63) is 100 Å². The number of fused-ring (bicyclic) bond motifs is 1. The first-order valence-electron chi connectivity index (χ1n) is 11.2. The number of nitrogens with zero attached hydrogens (tertiary/aromatic N) is 1. The van der Waals surface area contributed by atoms with Gasteiger partial charge in [0, 0.05) is 13.1 Å². The van der Waals surface area contributed by atoms with Crippen molar-refractivity contribution in [3.8, 4) is 0 Å². The van der Waals surface area contributed by atoms with Gasteiger partial charge in [-0.25, -0.2) is 4.79 Å². The number of para-hydroxylation sites is 1. The fraction of sp³-hybridized carbons (Fsp3) is 0.231. The minimum atomic E-state index is -4.40. The van der Waals surface area contributed by atoms with Gasteiger partial charge in [-0.2, -0.15) is 13.2 Å². The van der Waals surface area contributed by atoms with Crippen molar-refractivity contribution in [2.75, 3.05) is 11.4 Å². The Labute approximate surface area is 196 Å². The van der Waals surface area contributed by atoms with E-state index < -0.39 is 23.8 Å². The molecule has 1 aliphatic heterocycles.